The number of anilines is 1. The van der Waals surface area contributed by atoms with Gasteiger partial charge in [-0.2, -0.15) is 0 Å². The average molecular weight is 577 g/mol. The number of methoxy groups -OCH3 is 1. The molecule has 224 valence electrons. The van der Waals surface area contributed by atoms with Crippen molar-refractivity contribution in [2.24, 2.45) is 11.3 Å². The van der Waals surface area contributed by atoms with Crippen molar-refractivity contribution in [3.8, 4) is 0 Å². The molecule has 2 aromatic heterocycles. The fourth-order valence-corrected chi connectivity index (χ4v) is 6.13. The maximum Gasteiger partial charge on any atom is 0.336 e. The third kappa shape index (κ3) is 6.11. The summed E-state index contributed by atoms with van der Waals surface area (Å²) in [4.78, 5) is 45.2. The standard InChI is InChI=1S/C25H34N6O5.C6H6/c1-15-5-6-29(11-15)18-7-16(2)21-27-20(28-31(21)12-18)22(33)26-17-8-25(9-17)13-30(14-25)19(32)10-24(3,36-4)23(34)35;1-2-4-6-5-3-1/h7,12,15,17H,5-6,8-11,13-14H2,1-4H3,(H,26,33)(H,34,35);1-6H. The molecule has 2 N–H and O–H groups in total. The zero-order valence-corrected chi connectivity index (χ0v) is 24.7. The van der Waals surface area contributed by atoms with E-state index in [2.05, 4.69) is 33.3 Å². The van der Waals surface area contributed by atoms with Gasteiger partial charge in [-0.1, -0.05) is 43.3 Å². The number of carbonyl (C=O) groups excluding carboxylic acids is 2. The molecule has 1 saturated carbocycles. The average Bonchev–Trinajstić information content (AvgIpc) is 3.57. The van der Waals surface area contributed by atoms with Gasteiger partial charge in [0.1, 0.15) is 0 Å². The number of carbonyl (C=O) groups is 3. The Balaban J connectivity index is 0.000000524. The Hall–Kier alpha value is -3.99. The van der Waals surface area contributed by atoms with E-state index in [-0.39, 0.29) is 35.5 Å². The molecule has 11 nitrogen and oxygen atoms in total. The van der Waals surface area contributed by atoms with Gasteiger partial charge in [-0.3, -0.25) is 9.59 Å². The van der Waals surface area contributed by atoms with Crippen molar-refractivity contribution in [1.82, 2.24) is 24.8 Å². The summed E-state index contributed by atoms with van der Waals surface area (Å²) in [5.74, 6) is -0.854. The highest BCUT2D eigenvalue weighted by molar-refractivity contribution is 5.91. The second kappa shape index (κ2) is 11.7. The van der Waals surface area contributed by atoms with Gasteiger partial charge < -0.3 is 25.0 Å². The Bertz CT molecular complexity index is 1420. The molecule has 3 aromatic rings. The predicted molar refractivity (Wildman–Crippen MR) is 157 cm³/mol. The molecular weight excluding hydrogens is 536 g/mol. The van der Waals surface area contributed by atoms with Crippen LogP contribution in [0.2, 0.25) is 0 Å². The number of amides is 2. The molecule has 11 heteroatoms. The van der Waals surface area contributed by atoms with Crippen LogP contribution in [0.4, 0.5) is 5.69 Å². The van der Waals surface area contributed by atoms with Crippen molar-refractivity contribution in [3.05, 3.63) is 60.0 Å². The van der Waals surface area contributed by atoms with Crippen LogP contribution >= 0.6 is 0 Å². The fraction of sp³-hybridized carbons (Fsp3) is 0.516. The van der Waals surface area contributed by atoms with E-state index in [1.165, 1.54) is 20.5 Å². The van der Waals surface area contributed by atoms with Gasteiger partial charge in [0.15, 0.2) is 11.2 Å². The van der Waals surface area contributed by atoms with Gasteiger partial charge in [0.2, 0.25) is 11.7 Å². The first kappa shape index (κ1) is 29.5. The SMILES string of the molecule is COC(C)(CC(=O)N1CC2(CC(NC(=O)c3nc4c(C)cc(N5CCC(C)C5)cn4n3)C2)C1)C(=O)O.c1ccccc1. The molecule has 2 amide bonds. The number of nitrogens with zero attached hydrogens (tertiary/aromatic N) is 5. The molecule has 2 saturated heterocycles. The van der Waals surface area contributed by atoms with Gasteiger partial charge >= 0.3 is 5.97 Å². The summed E-state index contributed by atoms with van der Waals surface area (Å²) in [5, 5.41) is 16.8. The van der Waals surface area contributed by atoms with E-state index in [1.54, 1.807) is 9.42 Å². The molecule has 3 fully saturated rings. The maximum absolute atomic E-state index is 12.9. The number of benzene rings is 1. The number of nitrogens with one attached hydrogen (secondary N) is 1. The summed E-state index contributed by atoms with van der Waals surface area (Å²) in [5.41, 5.74) is 1.22. The molecule has 2 atom stereocenters. The van der Waals surface area contributed by atoms with Crippen molar-refractivity contribution >= 4 is 29.1 Å². The molecule has 3 aliphatic rings. The van der Waals surface area contributed by atoms with Gasteiger partial charge in [-0.15, -0.1) is 5.10 Å². The number of fused-ring (bicyclic) bond motifs is 1. The molecular formula is C31H40N6O5. The van der Waals surface area contributed by atoms with Crippen LogP contribution in [0.3, 0.4) is 0 Å². The molecule has 42 heavy (non-hydrogen) atoms. The molecule has 2 unspecified atom stereocenters. The van der Waals surface area contributed by atoms with E-state index in [0.717, 1.165) is 37.2 Å². The number of rotatable bonds is 7. The van der Waals surface area contributed by atoms with Gasteiger partial charge in [0.25, 0.3) is 5.91 Å². The number of likely N-dealkylation sites (tertiary alicyclic amines) is 1. The number of hydrogen-bond donors (Lipinski definition) is 2. The zero-order valence-electron chi connectivity index (χ0n) is 24.7. The predicted octanol–water partition coefficient (Wildman–Crippen LogP) is 3.17. The quantitative estimate of drug-likeness (QED) is 0.439. The van der Waals surface area contributed by atoms with Crippen molar-refractivity contribution < 1.29 is 24.2 Å². The first-order chi connectivity index (χ1) is 20.0. The van der Waals surface area contributed by atoms with E-state index in [1.807, 2.05) is 49.5 Å². The highest BCUT2D eigenvalue weighted by Gasteiger charge is 2.54. The molecule has 2 aliphatic heterocycles. The van der Waals surface area contributed by atoms with Gasteiger partial charge in [-0.25, -0.2) is 14.3 Å². The summed E-state index contributed by atoms with van der Waals surface area (Å²) in [6.07, 6.45) is 4.46. The third-order valence-corrected chi connectivity index (χ3v) is 8.75. The Kier molecular flexibility index (Phi) is 8.23. The summed E-state index contributed by atoms with van der Waals surface area (Å²) in [6.45, 7) is 8.82. The van der Waals surface area contributed by atoms with Crippen LogP contribution in [0.5, 0.6) is 0 Å². The number of ether oxygens (including phenoxy) is 1. The minimum Gasteiger partial charge on any atom is -0.479 e. The highest BCUT2D eigenvalue weighted by atomic mass is 16.5. The van der Waals surface area contributed by atoms with Crippen LogP contribution < -0.4 is 10.2 Å². The lowest BCUT2D eigenvalue weighted by Gasteiger charge is -2.59. The Morgan fingerprint density at radius 1 is 1.14 bits per heavy atom. The van der Waals surface area contributed by atoms with Crippen LogP contribution in [-0.4, -0.2) is 87.3 Å². The lowest BCUT2D eigenvalue weighted by molar-refractivity contribution is -0.170. The topological polar surface area (TPSA) is 129 Å². The molecule has 0 radical (unpaired) electrons. The second-order valence-corrected chi connectivity index (χ2v) is 12.3. The number of carboxylic acid groups (broad SMARTS) is 1. The van der Waals surface area contributed by atoms with Crippen molar-refractivity contribution in [2.75, 3.05) is 38.2 Å². The molecule has 1 spiro atoms. The molecule has 0 bridgehead atoms. The lowest BCUT2D eigenvalue weighted by atomic mass is 9.60. The van der Waals surface area contributed by atoms with Gasteiger partial charge in [-0.05, 0) is 50.7 Å². The molecule has 4 heterocycles. The normalized spacial score (nSPS) is 20.7. The molecule has 6 rings (SSSR count). The summed E-state index contributed by atoms with van der Waals surface area (Å²) in [6, 6.07) is 14.1. The monoisotopic (exact) mass is 576 g/mol. The fourth-order valence-electron chi connectivity index (χ4n) is 6.13. The number of hydrogen-bond acceptors (Lipinski definition) is 7. The van der Waals surface area contributed by atoms with Gasteiger partial charge in [0.05, 0.1) is 18.3 Å². The number of pyridine rings is 1. The number of carboxylic acids is 1. The summed E-state index contributed by atoms with van der Waals surface area (Å²) < 4.78 is 6.74. The number of aromatic nitrogens is 3. The molecule has 1 aromatic carbocycles. The van der Waals surface area contributed by atoms with Crippen LogP contribution in [0.25, 0.3) is 5.65 Å². The maximum atomic E-state index is 12.9. The Labute approximate surface area is 245 Å². The van der Waals surface area contributed by atoms with Crippen LogP contribution in [0.1, 0.15) is 55.7 Å². The van der Waals surface area contributed by atoms with Crippen molar-refractivity contribution in [1.29, 1.82) is 0 Å². The van der Waals surface area contributed by atoms with Gasteiger partial charge in [0, 0.05) is 44.7 Å². The Morgan fingerprint density at radius 2 is 1.79 bits per heavy atom. The van der Waals surface area contributed by atoms with Crippen molar-refractivity contribution in [3.63, 3.8) is 0 Å². The van der Waals surface area contributed by atoms with E-state index in [0.29, 0.717) is 24.7 Å². The summed E-state index contributed by atoms with van der Waals surface area (Å²) >= 11 is 0. The zero-order chi connectivity index (χ0) is 30.1. The Morgan fingerprint density at radius 3 is 2.33 bits per heavy atom. The van der Waals surface area contributed by atoms with Crippen LogP contribution in [0.15, 0.2) is 48.7 Å². The largest absolute Gasteiger partial charge is 0.479 e. The first-order valence-electron chi connectivity index (χ1n) is 14.5. The third-order valence-electron chi connectivity index (χ3n) is 8.75. The van der Waals surface area contributed by atoms with Crippen LogP contribution in [-0.2, 0) is 14.3 Å². The summed E-state index contributed by atoms with van der Waals surface area (Å²) in [7, 11) is 1.30. The van der Waals surface area contributed by atoms with E-state index in [9.17, 15) is 19.5 Å². The second-order valence-electron chi connectivity index (χ2n) is 12.3. The van der Waals surface area contributed by atoms with E-state index < -0.39 is 11.6 Å². The minimum atomic E-state index is -1.52. The van der Waals surface area contributed by atoms with E-state index >= 15 is 0 Å². The first-order valence-corrected chi connectivity index (χ1v) is 14.5. The number of aliphatic carboxylic acids is 1. The minimum absolute atomic E-state index is 0.00682. The molecule has 1 aliphatic carbocycles. The smallest absolute Gasteiger partial charge is 0.336 e. The van der Waals surface area contributed by atoms with E-state index in [4.69, 9.17) is 4.74 Å². The highest BCUT2D eigenvalue weighted by Crippen LogP contribution is 2.48. The van der Waals surface area contributed by atoms with Crippen LogP contribution in [0, 0.1) is 18.3 Å². The lowest BCUT2D eigenvalue weighted by Crippen LogP contribution is -2.68. The van der Waals surface area contributed by atoms with Crippen molar-refractivity contribution in [2.45, 2.75) is 58.1 Å². The number of aryl methyl sites for hydroxylation is 1.